The van der Waals surface area contributed by atoms with Crippen molar-refractivity contribution in [1.82, 2.24) is 10.1 Å². The van der Waals surface area contributed by atoms with Crippen LogP contribution in [-0.4, -0.2) is 16.2 Å². The fourth-order valence-electron chi connectivity index (χ4n) is 2.34. The smallest absolute Gasteiger partial charge is 0.228 e. The molecule has 0 spiro atoms. The van der Waals surface area contributed by atoms with Gasteiger partial charge in [0.05, 0.1) is 0 Å². The molecule has 1 unspecified atom stereocenters. The van der Waals surface area contributed by atoms with E-state index in [1.807, 2.05) is 0 Å². The normalized spacial score (nSPS) is 13.4. The standard InChI is InChI=1S/C16H22FN3O/c1-16(2,3)10-12(18)9-15-19-14(20-21-15)8-11-6-4-5-7-13(11)17/h4-7,12H,8-10,18H2,1-3H3. The molecule has 0 bridgehead atoms. The molecule has 2 rings (SSSR count). The fraction of sp³-hybridized carbons (Fsp3) is 0.500. The first kappa shape index (κ1) is 15.6. The van der Waals surface area contributed by atoms with Gasteiger partial charge in [0.2, 0.25) is 5.89 Å². The van der Waals surface area contributed by atoms with Crippen LogP contribution in [0.5, 0.6) is 0 Å². The maximum absolute atomic E-state index is 13.6. The van der Waals surface area contributed by atoms with E-state index in [-0.39, 0.29) is 17.3 Å². The van der Waals surface area contributed by atoms with Gasteiger partial charge in [0, 0.05) is 18.9 Å². The largest absolute Gasteiger partial charge is 0.339 e. The third kappa shape index (κ3) is 4.93. The van der Waals surface area contributed by atoms with Gasteiger partial charge in [0.1, 0.15) is 5.82 Å². The van der Waals surface area contributed by atoms with Crippen LogP contribution in [0.1, 0.15) is 44.5 Å². The summed E-state index contributed by atoms with van der Waals surface area (Å²) in [5.74, 6) is 0.740. The molecule has 114 valence electrons. The van der Waals surface area contributed by atoms with E-state index in [1.54, 1.807) is 18.2 Å². The van der Waals surface area contributed by atoms with E-state index in [9.17, 15) is 4.39 Å². The highest BCUT2D eigenvalue weighted by Crippen LogP contribution is 2.21. The van der Waals surface area contributed by atoms with Gasteiger partial charge in [-0.05, 0) is 23.5 Å². The maximum atomic E-state index is 13.6. The van der Waals surface area contributed by atoms with Crippen molar-refractivity contribution in [3.63, 3.8) is 0 Å². The molecular formula is C16H22FN3O. The van der Waals surface area contributed by atoms with Gasteiger partial charge in [-0.25, -0.2) is 4.39 Å². The molecule has 5 heteroatoms. The molecule has 0 saturated heterocycles. The Morgan fingerprint density at radius 1 is 1.29 bits per heavy atom. The van der Waals surface area contributed by atoms with Gasteiger partial charge >= 0.3 is 0 Å². The lowest BCUT2D eigenvalue weighted by molar-refractivity contribution is 0.312. The number of benzene rings is 1. The fourth-order valence-corrected chi connectivity index (χ4v) is 2.34. The predicted octanol–water partition coefficient (Wildman–Crippen LogP) is 3.11. The van der Waals surface area contributed by atoms with Gasteiger partial charge in [0.15, 0.2) is 5.82 Å². The SMILES string of the molecule is CC(C)(C)CC(N)Cc1nc(Cc2ccccc2F)no1. The lowest BCUT2D eigenvalue weighted by Crippen LogP contribution is -2.28. The van der Waals surface area contributed by atoms with E-state index in [1.165, 1.54) is 6.07 Å². The second-order valence-electron chi connectivity index (χ2n) is 6.60. The van der Waals surface area contributed by atoms with Crippen LogP contribution in [0.4, 0.5) is 4.39 Å². The Bertz CT molecular complexity index is 589. The molecule has 0 aliphatic heterocycles. The molecule has 2 N–H and O–H groups in total. The van der Waals surface area contributed by atoms with Crippen molar-refractivity contribution in [2.24, 2.45) is 11.1 Å². The summed E-state index contributed by atoms with van der Waals surface area (Å²) in [7, 11) is 0. The van der Waals surface area contributed by atoms with Crippen molar-refractivity contribution in [3.8, 4) is 0 Å². The van der Waals surface area contributed by atoms with E-state index < -0.39 is 0 Å². The average molecular weight is 291 g/mol. The zero-order valence-corrected chi connectivity index (χ0v) is 12.8. The maximum Gasteiger partial charge on any atom is 0.228 e. The molecule has 1 heterocycles. The minimum atomic E-state index is -0.256. The second-order valence-corrected chi connectivity index (χ2v) is 6.60. The van der Waals surface area contributed by atoms with Crippen LogP contribution in [0.2, 0.25) is 0 Å². The summed E-state index contributed by atoms with van der Waals surface area (Å²) in [6, 6.07) is 6.57. The Hall–Kier alpha value is -1.75. The molecule has 0 amide bonds. The topological polar surface area (TPSA) is 64.9 Å². The molecule has 0 saturated carbocycles. The third-order valence-corrected chi connectivity index (χ3v) is 3.13. The number of hydrogen-bond acceptors (Lipinski definition) is 4. The minimum absolute atomic E-state index is 0.0215. The van der Waals surface area contributed by atoms with Crippen molar-refractivity contribution in [2.75, 3.05) is 0 Å². The number of aromatic nitrogens is 2. The van der Waals surface area contributed by atoms with Crippen LogP contribution in [0.3, 0.4) is 0 Å². The molecule has 1 aromatic heterocycles. The summed E-state index contributed by atoms with van der Waals surface area (Å²) < 4.78 is 18.8. The van der Waals surface area contributed by atoms with Crippen LogP contribution in [-0.2, 0) is 12.8 Å². The summed E-state index contributed by atoms with van der Waals surface area (Å²) >= 11 is 0. The lowest BCUT2D eigenvalue weighted by atomic mass is 9.87. The van der Waals surface area contributed by atoms with Crippen LogP contribution >= 0.6 is 0 Å². The van der Waals surface area contributed by atoms with Crippen molar-refractivity contribution in [2.45, 2.75) is 46.1 Å². The average Bonchev–Trinajstić information content (AvgIpc) is 2.77. The van der Waals surface area contributed by atoms with Crippen molar-refractivity contribution in [3.05, 3.63) is 47.4 Å². The summed E-state index contributed by atoms with van der Waals surface area (Å²) in [6.07, 6.45) is 1.74. The summed E-state index contributed by atoms with van der Waals surface area (Å²) in [5.41, 5.74) is 6.81. The quantitative estimate of drug-likeness (QED) is 0.919. The van der Waals surface area contributed by atoms with Gasteiger partial charge in [-0.2, -0.15) is 4.98 Å². The van der Waals surface area contributed by atoms with Gasteiger partial charge in [0.25, 0.3) is 0 Å². The first-order chi connectivity index (χ1) is 9.83. The summed E-state index contributed by atoms with van der Waals surface area (Å²) in [4.78, 5) is 4.29. The number of rotatable bonds is 5. The van der Waals surface area contributed by atoms with Crippen LogP contribution in [0.25, 0.3) is 0 Å². The Balaban J connectivity index is 1.97. The van der Waals surface area contributed by atoms with E-state index >= 15 is 0 Å². The number of halogens is 1. The minimum Gasteiger partial charge on any atom is -0.339 e. The molecule has 0 aliphatic carbocycles. The Labute approximate surface area is 124 Å². The van der Waals surface area contributed by atoms with Crippen LogP contribution in [0.15, 0.2) is 28.8 Å². The zero-order valence-electron chi connectivity index (χ0n) is 12.8. The van der Waals surface area contributed by atoms with Gasteiger partial charge in [-0.1, -0.05) is 44.1 Å². The predicted molar refractivity (Wildman–Crippen MR) is 79.3 cm³/mol. The van der Waals surface area contributed by atoms with E-state index in [4.69, 9.17) is 10.3 Å². The Kier molecular flexibility index (Phi) is 4.73. The molecule has 0 radical (unpaired) electrons. The van der Waals surface area contributed by atoms with Crippen molar-refractivity contribution in [1.29, 1.82) is 0 Å². The van der Waals surface area contributed by atoms with Crippen molar-refractivity contribution < 1.29 is 8.91 Å². The highest BCUT2D eigenvalue weighted by Gasteiger charge is 2.18. The van der Waals surface area contributed by atoms with E-state index in [0.29, 0.717) is 30.1 Å². The van der Waals surface area contributed by atoms with E-state index in [0.717, 1.165) is 6.42 Å². The Morgan fingerprint density at radius 2 is 2.00 bits per heavy atom. The molecule has 21 heavy (non-hydrogen) atoms. The molecule has 0 fully saturated rings. The highest BCUT2D eigenvalue weighted by atomic mass is 19.1. The number of hydrogen-bond donors (Lipinski definition) is 1. The third-order valence-electron chi connectivity index (χ3n) is 3.13. The van der Waals surface area contributed by atoms with Crippen LogP contribution in [0, 0.1) is 11.2 Å². The van der Waals surface area contributed by atoms with Crippen molar-refractivity contribution >= 4 is 0 Å². The molecular weight excluding hydrogens is 269 g/mol. The summed E-state index contributed by atoms with van der Waals surface area (Å²) in [6.45, 7) is 6.43. The second kappa shape index (κ2) is 6.35. The molecule has 2 aromatic rings. The Morgan fingerprint density at radius 3 is 2.67 bits per heavy atom. The number of nitrogens with two attached hydrogens (primary N) is 1. The first-order valence-corrected chi connectivity index (χ1v) is 7.14. The highest BCUT2D eigenvalue weighted by molar-refractivity contribution is 5.20. The van der Waals surface area contributed by atoms with Gasteiger partial charge < -0.3 is 10.3 Å². The number of nitrogens with zero attached hydrogens (tertiary/aromatic N) is 2. The monoisotopic (exact) mass is 291 g/mol. The molecule has 4 nitrogen and oxygen atoms in total. The summed E-state index contributed by atoms with van der Waals surface area (Å²) in [5, 5.41) is 3.89. The molecule has 0 aliphatic rings. The zero-order chi connectivity index (χ0) is 15.5. The lowest BCUT2D eigenvalue weighted by Gasteiger charge is -2.21. The van der Waals surface area contributed by atoms with Gasteiger partial charge in [-0.15, -0.1) is 0 Å². The van der Waals surface area contributed by atoms with Crippen LogP contribution < -0.4 is 5.73 Å². The molecule has 1 atom stereocenters. The van der Waals surface area contributed by atoms with Gasteiger partial charge in [-0.3, -0.25) is 0 Å². The molecule has 1 aromatic carbocycles. The van der Waals surface area contributed by atoms with E-state index in [2.05, 4.69) is 30.9 Å². The first-order valence-electron chi connectivity index (χ1n) is 7.14.